The van der Waals surface area contributed by atoms with Crippen LogP contribution in [0.2, 0.25) is 0 Å². The number of unbranched alkanes of at least 4 members (excludes halogenated alkanes) is 56. The van der Waals surface area contributed by atoms with Crippen molar-refractivity contribution in [3.05, 3.63) is 24.3 Å². The van der Waals surface area contributed by atoms with Crippen LogP contribution < -0.4 is 5.32 Å². The summed E-state index contributed by atoms with van der Waals surface area (Å²) in [6.07, 6.45) is 91.2. The van der Waals surface area contributed by atoms with Crippen LogP contribution in [-0.4, -0.2) is 47.4 Å². The molecule has 0 aromatic rings. The van der Waals surface area contributed by atoms with Crippen molar-refractivity contribution >= 4 is 11.9 Å². The van der Waals surface area contributed by atoms with Gasteiger partial charge in [0.25, 0.3) is 0 Å². The van der Waals surface area contributed by atoms with Gasteiger partial charge in [-0.3, -0.25) is 9.59 Å². The van der Waals surface area contributed by atoms with Gasteiger partial charge in [-0.2, -0.15) is 0 Å². The average molecular weight is 1160 g/mol. The Hall–Kier alpha value is -1.66. The molecule has 0 aromatic heterocycles. The first kappa shape index (κ1) is 80.3. The third-order valence-corrected chi connectivity index (χ3v) is 17.7. The molecule has 82 heavy (non-hydrogen) atoms. The van der Waals surface area contributed by atoms with Gasteiger partial charge in [-0.1, -0.05) is 359 Å². The maximum Gasteiger partial charge on any atom is 0.305 e. The minimum absolute atomic E-state index is 0.0142. The van der Waals surface area contributed by atoms with Crippen LogP contribution in [0.5, 0.6) is 0 Å². The first-order chi connectivity index (χ1) is 40.5. The lowest BCUT2D eigenvalue weighted by molar-refractivity contribution is -0.143. The highest BCUT2D eigenvalue weighted by Gasteiger charge is 2.20. The smallest absolute Gasteiger partial charge is 0.305 e. The SMILES string of the molecule is CCCCCCCC/C=C\CCCCCCCC(=O)OCCCCCCCCCCCCCCCCCC/C=C\CCCCCCCCCCCCCCCCCCCC(=O)NC(CO)C(O)CCCCCCCCCCCCCCC. The number of carbonyl (C=O) groups is 2. The zero-order valence-electron chi connectivity index (χ0n) is 55.8. The maximum atomic E-state index is 12.5. The number of esters is 1. The van der Waals surface area contributed by atoms with Crippen LogP contribution in [-0.2, 0) is 14.3 Å². The van der Waals surface area contributed by atoms with E-state index in [1.807, 2.05) is 0 Å². The molecular weight excluding hydrogens is 1010 g/mol. The van der Waals surface area contributed by atoms with Crippen LogP contribution in [0.4, 0.5) is 0 Å². The lowest BCUT2D eigenvalue weighted by Crippen LogP contribution is -2.45. The largest absolute Gasteiger partial charge is 0.466 e. The maximum absolute atomic E-state index is 12.5. The highest BCUT2D eigenvalue weighted by molar-refractivity contribution is 5.76. The van der Waals surface area contributed by atoms with Crippen LogP contribution in [0, 0.1) is 0 Å². The van der Waals surface area contributed by atoms with E-state index in [1.165, 1.54) is 347 Å². The molecule has 6 nitrogen and oxygen atoms in total. The Bertz CT molecular complexity index is 1280. The molecular formula is C76H147NO5. The van der Waals surface area contributed by atoms with Crippen molar-refractivity contribution in [2.24, 2.45) is 0 Å². The number of hydrogen-bond donors (Lipinski definition) is 3. The molecule has 0 fully saturated rings. The first-order valence-corrected chi connectivity index (χ1v) is 37.6. The molecule has 0 radical (unpaired) electrons. The molecule has 0 aromatic carbocycles. The number of aliphatic hydroxyl groups is 2. The summed E-state index contributed by atoms with van der Waals surface area (Å²) >= 11 is 0. The van der Waals surface area contributed by atoms with Gasteiger partial charge in [0.05, 0.1) is 25.4 Å². The van der Waals surface area contributed by atoms with Crippen molar-refractivity contribution in [1.29, 1.82) is 0 Å². The Labute approximate surface area is 513 Å². The van der Waals surface area contributed by atoms with E-state index in [1.54, 1.807) is 0 Å². The van der Waals surface area contributed by atoms with E-state index in [2.05, 4.69) is 43.5 Å². The monoisotopic (exact) mass is 1150 g/mol. The number of nitrogens with one attached hydrogen (secondary N) is 1. The van der Waals surface area contributed by atoms with Gasteiger partial charge in [-0.25, -0.2) is 0 Å². The summed E-state index contributed by atoms with van der Waals surface area (Å²) in [5.41, 5.74) is 0. The second-order valence-corrected chi connectivity index (χ2v) is 26.0. The van der Waals surface area contributed by atoms with E-state index in [-0.39, 0.29) is 18.5 Å². The van der Waals surface area contributed by atoms with Crippen molar-refractivity contribution in [3.8, 4) is 0 Å². The lowest BCUT2D eigenvalue weighted by Gasteiger charge is -2.22. The number of amides is 1. The molecule has 0 spiro atoms. The first-order valence-electron chi connectivity index (χ1n) is 37.6. The number of rotatable bonds is 71. The molecule has 3 N–H and O–H groups in total. The van der Waals surface area contributed by atoms with E-state index in [0.29, 0.717) is 25.9 Å². The highest BCUT2D eigenvalue weighted by Crippen LogP contribution is 2.19. The molecule has 0 heterocycles. The lowest BCUT2D eigenvalue weighted by atomic mass is 10.0. The van der Waals surface area contributed by atoms with Crippen molar-refractivity contribution in [2.75, 3.05) is 13.2 Å². The minimum atomic E-state index is -0.660. The van der Waals surface area contributed by atoms with Gasteiger partial charge in [0.1, 0.15) is 0 Å². The fourth-order valence-corrected chi connectivity index (χ4v) is 12.0. The van der Waals surface area contributed by atoms with E-state index in [4.69, 9.17) is 4.74 Å². The third-order valence-electron chi connectivity index (χ3n) is 17.7. The molecule has 0 aliphatic carbocycles. The number of carbonyl (C=O) groups excluding carboxylic acids is 2. The van der Waals surface area contributed by atoms with E-state index >= 15 is 0 Å². The average Bonchev–Trinajstić information content (AvgIpc) is 3.48. The molecule has 1 amide bonds. The van der Waals surface area contributed by atoms with E-state index in [0.717, 1.165) is 44.9 Å². The topological polar surface area (TPSA) is 95.9 Å². The molecule has 0 aliphatic heterocycles. The normalized spacial score (nSPS) is 12.6. The molecule has 2 unspecified atom stereocenters. The van der Waals surface area contributed by atoms with Gasteiger partial charge in [0.2, 0.25) is 5.91 Å². The predicted molar refractivity (Wildman–Crippen MR) is 361 cm³/mol. The highest BCUT2D eigenvalue weighted by atomic mass is 16.5. The van der Waals surface area contributed by atoms with Crippen molar-refractivity contribution in [3.63, 3.8) is 0 Å². The van der Waals surface area contributed by atoms with Crippen molar-refractivity contribution in [2.45, 2.75) is 437 Å². The van der Waals surface area contributed by atoms with Crippen molar-refractivity contribution in [1.82, 2.24) is 5.32 Å². The fourth-order valence-electron chi connectivity index (χ4n) is 12.0. The molecule has 0 rings (SSSR count). The molecule has 0 bridgehead atoms. The predicted octanol–water partition coefficient (Wildman–Crippen LogP) is 24.5. The van der Waals surface area contributed by atoms with Gasteiger partial charge in [-0.05, 0) is 77.0 Å². The minimum Gasteiger partial charge on any atom is -0.466 e. The van der Waals surface area contributed by atoms with Crippen LogP contribution in [0.15, 0.2) is 24.3 Å². The fraction of sp³-hybridized carbons (Fsp3) is 0.921. The number of hydrogen-bond acceptors (Lipinski definition) is 5. The Kier molecular flexibility index (Phi) is 70.4. The zero-order chi connectivity index (χ0) is 59.2. The number of ether oxygens (including phenoxy) is 1. The number of aliphatic hydroxyl groups excluding tert-OH is 2. The molecule has 0 aliphatic rings. The Balaban J connectivity index is 3.31. The Morgan fingerprint density at radius 3 is 0.866 bits per heavy atom. The van der Waals surface area contributed by atoms with Gasteiger partial charge in [-0.15, -0.1) is 0 Å². The van der Waals surface area contributed by atoms with Gasteiger partial charge in [0.15, 0.2) is 0 Å². The summed E-state index contributed by atoms with van der Waals surface area (Å²) in [6.45, 7) is 4.98. The zero-order valence-corrected chi connectivity index (χ0v) is 55.8. The van der Waals surface area contributed by atoms with Gasteiger partial charge < -0.3 is 20.3 Å². The van der Waals surface area contributed by atoms with E-state index < -0.39 is 12.1 Å². The second-order valence-electron chi connectivity index (χ2n) is 26.0. The molecule has 0 saturated heterocycles. The molecule has 2 atom stereocenters. The second kappa shape index (κ2) is 71.8. The van der Waals surface area contributed by atoms with Crippen LogP contribution in [0.3, 0.4) is 0 Å². The Morgan fingerprint density at radius 2 is 0.573 bits per heavy atom. The summed E-state index contributed by atoms with van der Waals surface area (Å²) in [7, 11) is 0. The molecule has 0 saturated carbocycles. The summed E-state index contributed by atoms with van der Waals surface area (Å²) in [5.74, 6) is -0.0144. The Morgan fingerprint density at radius 1 is 0.329 bits per heavy atom. The summed E-state index contributed by atoms with van der Waals surface area (Å²) in [4.78, 5) is 24.6. The standard InChI is InChI=1S/C76H147NO5/c1-3-5-7-9-11-13-15-17-41-46-50-54-58-62-66-70-76(81)82-71-67-63-59-55-51-47-43-40-38-36-34-32-30-28-26-24-22-20-18-19-21-23-25-27-29-31-33-35-37-39-42-45-49-53-57-61-65-69-75(80)77-73(72-78)74(79)68-64-60-56-52-48-44-16-14-12-10-8-6-4-2/h17-18,20,41,73-74,78-79H,3-16,19,21-40,42-72H2,1-2H3,(H,77,80)/b20-18-,41-17-. The molecule has 486 valence electrons. The summed E-state index contributed by atoms with van der Waals surface area (Å²) in [5, 5.41) is 23.3. The van der Waals surface area contributed by atoms with Crippen LogP contribution in [0.1, 0.15) is 425 Å². The van der Waals surface area contributed by atoms with E-state index in [9.17, 15) is 19.8 Å². The van der Waals surface area contributed by atoms with Gasteiger partial charge >= 0.3 is 5.97 Å². The van der Waals surface area contributed by atoms with Crippen LogP contribution in [0.25, 0.3) is 0 Å². The van der Waals surface area contributed by atoms with Crippen molar-refractivity contribution < 1.29 is 24.5 Å². The van der Waals surface area contributed by atoms with Gasteiger partial charge in [0, 0.05) is 12.8 Å². The molecule has 6 heteroatoms. The number of allylic oxidation sites excluding steroid dienone is 4. The summed E-state index contributed by atoms with van der Waals surface area (Å²) in [6, 6.07) is -0.537. The summed E-state index contributed by atoms with van der Waals surface area (Å²) < 4.78 is 5.50. The quantitative estimate of drug-likeness (QED) is 0.0320. The third kappa shape index (κ3) is 67.5. The van der Waals surface area contributed by atoms with Crippen LogP contribution >= 0.6 is 0 Å².